The van der Waals surface area contributed by atoms with Crippen LogP contribution in [0.15, 0.2) is 30.3 Å². The van der Waals surface area contributed by atoms with Crippen molar-refractivity contribution in [2.45, 2.75) is 24.8 Å². The van der Waals surface area contributed by atoms with Crippen molar-refractivity contribution in [3.8, 4) is 0 Å². The van der Waals surface area contributed by atoms with E-state index in [0.29, 0.717) is 25.0 Å². The van der Waals surface area contributed by atoms with E-state index in [4.69, 9.17) is 0 Å². The molecule has 1 fully saturated rings. The lowest BCUT2D eigenvalue weighted by Gasteiger charge is -2.36. The fraction of sp³-hybridized carbons (Fsp3) is 0.538. The first-order valence-corrected chi connectivity index (χ1v) is 8.17. The van der Waals surface area contributed by atoms with Crippen LogP contribution in [0.2, 0.25) is 0 Å². The fourth-order valence-corrected chi connectivity index (χ4v) is 2.77. The van der Waals surface area contributed by atoms with Gasteiger partial charge in [0.05, 0.1) is 6.26 Å². The van der Waals surface area contributed by atoms with E-state index in [9.17, 15) is 8.42 Å². The van der Waals surface area contributed by atoms with Crippen molar-refractivity contribution in [1.29, 1.82) is 0 Å². The van der Waals surface area contributed by atoms with E-state index < -0.39 is 10.0 Å². The Morgan fingerprint density at radius 3 is 2.44 bits per heavy atom. The molecule has 100 valence electrons. The molecule has 0 amide bonds. The van der Waals surface area contributed by atoms with Gasteiger partial charge >= 0.3 is 0 Å². The maximum Gasteiger partial charge on any atom is 0.208 e. The summed E-state index contributed by atoms with van der Waals surface area (Å²) in [5.74, 6) is 0.659. The van der Waals surface area contributed by atoms with E-state index in [1.165, 1.54) is 11.8 Å². The van der Waals surface area contributed by atoms with E-state index in [0.717, 1.165) is 12.8 Å². The number of hydrogen-bond acceptors (Lipinski definition) is 3. The minimum atomic E-state index is -3.05. The van der Waals surface area contributed by atoms with Crippen LogP contribution in [0.25, 0.3) is 0 Å². The maximum atomic E-state index is 10.9. The molecule has 1 aromatic rings. The molecule has 1 saturated carbocycles. The molecule has 0 saturated heterocycles. The zero-order chi connectivity index (χ0) is 13.0. The van der Waals surface area contributed by atoms with Gasteiger partial charge in [0.2, 0.25) is 10.0 Å². The summed E-state index contributed by atoms with van der Waals surface area (Å²) < 4.78 is 24.2. The van der Waals surface area contributed by atoms with Crippen LogP contribution in [-0.4, -0.2) is 33.8 Å². The minimum Gasteiger partial charge on any atom is -0.313 e. The van der Waals surface area contributed by atoms with Gasteiger partial charge in [0.1, 0.15) is 0 Å². The van der Waals surface area contributed by atoms with Gasteiger partial charge < -0.3 is 5.32 Å². The SMILES string of the molecule is CS(=O)(=O)NCCNC1CC(c2ccccc2)C1. The molecule has 0 bridgehead atoms. The molecule has 1 aromatic carbocycles. The van der Waals surface area contributed by atoms with Crippen LogP contribution in [0.5, 0.6) is 0 Å². The highest BCUT2D eigenvalue weighted by Crippen LogP contribution is 2.36. The predicted octanol–water partition coefficient (Wildman–Crippen LogP) is 1.07. The molecule has 1 aliphatic rings. The van der Waals surface area contributed by atoms with Gasteiger partial charge in [-0.15, -0.1) is 0 Å². The Morgan fingerprint density at radius 1 is 1.17 bits per heavy atom. The Bertz CT molecular complexity index is 467. The van der Waals surface area contributed by atoms with Crippen LogP contribution in [0.1, 0.15) is 24.3 Å². The van der Waals surface area contributed by atoms with Crippen LogP contribution >= 0.6 is 0 Å². The lowest BCUT2D eigenvalue weighted by molar-refractivity contribution is 0.293. The molecule has 5 heteroatoms. The van der Waals surface area contributed by atoms with Crippen molar-refractivity contribution in [3.05, 3.63) is 35.9 Å². The minimum absolute atomic E-state index is 0.464. The van der Waals surface area contributed by atoms with Crippen LogP contribution in [-0.2, 0) is 10.0 Å². The first-order valence-electron chi connectivity index (χ1n) is 6.27. The summed E-state index contributed by atoms with van der Waals surface area (Å²) in [4.78, 5) is 0. The predicted molar refractivity (Wildman–Crippen MR) is 73.1 cm³/mol. The molecule has 18 heavy (non-hydrogen) atoms. The van der Waals surface area contributed by atoms with Crippen molar-refractivity contribution in [3.63, 3.8) is 0 Å². The molecule has 0 radical (unpaired) electrons. The van der Waals surface area contributed by atoms with Crippen molar-refractivity contribution in [1.82, 2.24) is 10.0 Å². The quantitative estimate of drug-likeness (QED) is 0.759. The fourth-order valence-electron chi connectivity index (χ4n) is 2.29. The van der Waals surface area contributed by atoms with E-state index >= 15 is 0 Å². The Morgan fingerprint density at radius 2 is 1.83 bits per heavy atom. The van der Waals surface area contributed by atoms with E-state index in [2.05, 4.69) is 34.3 Å². The molecule has 0 unspecified atom stereocenters. The van der Waals surface area contributed by atoms with Crippen LogP contribution in [0, 0.1) is 0 Å². The number of nitrogens with one attached hydrogen (secondary N) is 2. The largest absolute Gasteiger partial charge is 0.313 e. The second kappa shape index (κ2) is 5.82. The molecule has 2 N–H and O–H groups in total. The Balaban J connectivity index is 1.62. The molecule has 0 heterocycles. The molecular formula is C13H20N2O2S. The highest BCUT2D eigenvalue weighted by molar-refractivity contribution is 7.88. The molecular weight excluding hydrogens is 248 g/mol. The third kappa shape index (κ3) is 4.08. The van der Waals surface area contributed by atoms with Crippen LogP contribution in [0.3, 0.4) is 0 Å². The molecule has 2 rings (SSSR count). The van der Waals surface area contributed by atoms with E-state index in [1.807, 2.05) is 6.07 Å². The lowest BCUT2D eigenvalue weighted by atomic mass is 9.76. The monoisotopic (exact) mass is 268 g/mol. The Kier molecular flexibility index (Phi) is 4.37. The van der Waals surface area contributed by atoms with Gasteiger partial charge in [0, 0.05) is 19.1 Å². The van der Waals surface area contributed by atoms with Crippen LogP contribution < -0.4 is 10.0 Å². The van der Waals surface area contributed by atoms with Gasteiger partial charge in [-0.3, -0.25) is 0 Å². The van der Waals surface area contributed by atoms with Gasteiger partial charge in [-0.1, -0.05) is 30.3 Å². The summed E-state index contributed by atoms with van der Waals surface area (Å²) in [6.45, 7) is 1.16. The number of benzene rings is 1. The van der Waals surface area contributed by atoms with Crippen molar-refractivity contribution >= 4 is 10.0 Å². The molecule has 4 nitrogen and oxygen atoms in total. The average molecular weight is 268 g/mol. The third-order valence-corrected chi connectivity index (χ3v) is 4.06. The topological polar surface area (TPSA) is 58.2 Å². The molecule has 0 spiro atoms. The summed E-state index contributed by atoms with van der Waals surface area (Å²) in [5, 5.41) is 3.36. The van der Waals surface area contributed by atoms with Crippen LogP contribution in [0.4, 0.5) is 0 Å². The van der Waals surface area contributed by atoms with Crippen molar-refractivity contribution in [2.24, 2.45) is 0 Å². The standard InChI is InChI=1S/C13H20N2O2S/c1-18(16,17)15-8-7-14-13-9-12(10-13)11-5-3-2-4-6-11/h2-6,12-15H,7-10H2,1H3. The van der Waals surface area contributed by atoms with E-state index in [-0.39, 0.29) is 0 Å². The summed E-state index contributed by atoms with van der Waals surface area (Å²) in [6, 6.07) is 11.1. The molecule has 0 aromatic heterocycles. The van der Waals surface area contributed by atoms with Crippen molar-refractivity contribution in [2.75, 3.05) is 19.3 Å². The summed E-state index contributed by atoms with van der Waals surface area (Å²) in [5.41, 5.74) is 1.41. The third-order valence-electron chi connectivity index (χ3n) is 3.33. The van der Waals surface area contributed by atoms with Gasteiger partial charge in [-0.2, -0.15) is 0 Å². The second-order valence-electron chi connectivity index (χ2n) is 4.90. The zero-order valence-corrected chi connectivity index (χ0v) is 11.4. The van der Waals surface area contributed by atoms with Crippen molar-refractivity contribution < 1.29 is 8.42 Å². The van der Waals surface area contributed by atoms with Gasteiger partial charge in [0.15, 0.2) is 0 Å². The normalized spacial score (nSPS) is 23.6. The first kappa shape index (κ1) is 13.5. The molecule has 0 atom stereocenters. The lowest BCUT2D eigenvalue weighted by Crippen LogP contribution is -2.43. The first-order chi connectivity index (χ1) is 8.54. The van der Waals surface area contributed by atoms with E-state index in [1.54, 1.807) is 0 Å². The Hall–Kier alpha value is -0.910. The number of sulfonamides is 1. The maximum absolute atomic E-state index is 10.9. The van der Waals surface area contributed by atoms with Gasteiger partial charge in [0.25, 0.3) is 0 Å². The highest BCUT2D eigenvalue weighted by Gasteiger charge is 2.29. The Labute approximate surface area is 109 Å². The smallest absolute Gasteiger partial charge is 0.208 e. The number of hydrogen-bond donors (Lipinski definition) is 2. The van der Waals surface area contributed by atoms with Gasteiger partial charge in [-0.05, 0) is 24.3 Å². The highest BCUT2D eigenvalue weighted by atomic mass is 32.2. The number of rotatable bonds is 6. The summed E-state index contributed by atoms with van der Waals surface area (Å²) in [6.07, 6.45) is 3.47. The average Bonchev–Trinajstić information content (AvgIpc) is 2.26. The van der Waals surface area contributed by atoms with Gasteiger partial charge in [-0.25, -0.2) is 13.1 Å². The summed E-state index contributed by atoms with van der Waals surface area (Å²) in [7, 11) is -3.05. The molecule has 1 aliphatic carbocycles. The summed E-state index contributed by atoms with van der Waals surface area (Å²) >= 11 is 0. The second-order valence-corrected chi connectivity index (χ2v) is 6.73. The molecule has 0 aliphatic heterocycles. The zero-order valence-electron chi connectivity index (χ0n) is 10.6.